The predicted octanol–water partition coefficient (Wildman–Crippen LogP) is 2.94. The fourth-order valence-electron chi connectivity index (χ4n) is 4.61. The largest absolute Gasteiger partial charge is 0.465 e. The number of carbonyl (C=O) groups is 2. The zero-order valence-electron chi connectivity index (χ0n) is 16.2. The van der Waals surface area contributed by atoms with Crippen LogP contribution in [0.2, 0.25) is 0 Å². The Morgan fingerprint density at radius 3 is 2.68 bits per heavy atom. The summed E-state index contributed by atoms with van der Waals surface area (Å²) >= 11 is 0. The van der Waals surface area contributed by atoms with Crippen LogP contribution in [0, 0.1) is 0 Å². The maximum atomic E-state index is 13.0. The second-order valence-electron chi connectivity index (χ2n) is 7.63. The number of nitrogens with one attached hydrogen (secondary N) is 1. The first-order valence-electron chi connectivity index (χ1n) is 9.98. The number of ether oxygens (including phenoxy) is 1. The molecule has 2 aliphatic rings. The van der Waals surface area contributed by atoms with Gasteiger partial charge in [0.2, 0.25) is 0 Å². The van der Waals surface area contributed by atoms with Gasteiger partial charge in [0.1, 0.15) is 6.04 Å². The predicted molar refractivity (Wildman–Crippen MR) is 107 cm³/mol. The summed E-state index contributed by atoms with van der Waals surface area (Å²) in [4.78, 5) is 28.1. The van der Waals surface area contributed by atoms with E-state index in [0.29, 0.717) is 18.7 Å². The van der Waals surface area contributed by atoms with Crippen LogP contribution in [-0.2, 0) is 22.5 Å². The molecule has 0 bridgehead atoms. The van der Waals surface area contributed by atoms with Crippen molar-refractivity contribution in [1.82, 2.24) is 10.2 Å². The third kappa shape index (κ3) is 3.42. The molecule has 0 aromatic heterocycles. The van der Waals surface area contributed by atoms with Crippen molar-refractivity contribution in [2.24, 2.45) is 0 Å². The smallest absolute Gasteiger partial charge is 0.325 e. The van der Waals surface area contributed by atoms with E-state index in [1.807, 2.05) is 49.4 Å². The lowest BCUT2D eigenvalue weighted by Gasteiger charge is -2.36. The minimum atomic E-state index is -0.600. The molecule has 1 N–H and O–H groups in total. The Labute approximate surface area is 165 Å². The first kappa shape index (κ1) is 18.7. The summed E-state index contributed by atoms with van der Waals surface area (Å²) in [5.41, 5.74) is 2.30. The molecule has 5 nitrogen and oxygen atoms in total. The van der Waals surface area contributed by atoms with Crippen molar-refractivity contribution in [2.45, 2.75) is 44.3 Å². The molecule has 1 fully saturated rings. The molecule has 1 spiro atoms. The summed E-state index contributed by atoms with van der Waals surface area (Å²) < 4.78 is 5.44. The Hall–Kier alpha value is -2.66. The summed E-state index contributed by atoms with van der Waals surface area (Å²) in [5.74, 6) is -0.342. The van der Waals surface area contributed by atoms with Crippen LogP contribution in [0.4, 0.5) is 0 Å². The molecule has 2 aromatic rings. The highest BCUT2D eigenvalue weighted by Crippen LogP contribution is 2.37. The molecule has 1 saturated heterocycles. The van der Waals surface area contributed by atoms with Crippen molar-refractivity contribution < 1.29 is 14.3 Å². The minimum absolute atomic E-state index is 0.0936. The van der Waals surface area contributed by atoms with Crippen molar-refractivity contribution >= 4 is 11.9 Å². The number of rotatable bonds is 4. The zero-order valence-corrected chi connectivity index (χ0v) is 16.2. The topological polar surface area (TPSA) is 58.6 Å². The lowest BCUT2D eigenvalue weighted by atomic mass is 9.84. The van der Waals surface area contributed by atoms with Crippen LogP contribution in [0.5, 0.6) is 0 Å². The van der Waals surface area contributed by atoms with Crippen LogP contribution in [0.25, 0.3) is 0 Å². The van der Waals surface area contributed by atoms with Crippen LogP contribution in [-0.4, -0.2) is 41.5 Å². The quantitative estimate of drug-likeness (QED) is 0.831. The van der Waals surface area contributed by atoms with E-state index >= 15 is 0 Å². The van der Waals surface area contributed by atoms with E-state index in [4.69, 9.17) is 4.74 Å². The third-order valence-corrected chi connectivity index (χ3v) is 5.94. The van der Waals surface area contributed by atoms with Crippen LogP contribution >= 0.6 is 0 Å². The Kier molecular flexibility index (Phi) is 5.18. The molecule has 0 saturated carbocycles. The number of likely N-dealkylation sites (tertiary alicyclic amines) is 1. The van der Waals surface area contributed by atoms with Gasteiger partial charge in [-0.05, 0) is 43.4 Å². The molecule has 1 amide bonds. The number of esters is 1. The molecule has 2 heterocycles. The minimum Gasteiger partial charge on any atom is -0.465 e. The second kappa shape index (κ2) is 7.76. The molecule has 146 valence electrons. The van der Waals surface area contributed by atoms with Gasteiger partial charge in [-0.25, -0.2) is 0 Å². The summed E-state index contributed by atoms with van der Waals surface area (Å²) in [6, 6.07) is 17.4. The van der Waals surface area contributed by atoms with E-state index < -0.39 is 11.6 Å². The number of aryl methyl sites for hydroxylation is 1. The lowest BCUT2D eigenvalue weighted by molar-refractivity contribution is -0.150. The van der Waals surface area contributed by atoms with E-state index in [9.17, 15) is 9.59 Å². The summed E-state index contributed by atoms with van der Waals surface area (Å²) in [6.45, 7) is 3.56. The highest BCUT2D eigenvalue weighted by Gasteiger charge is 2.53. The number of hydrogen-bond acceptors (Lipinski definition) is 4. The fourth-order valence-corrected chi connectivity index (χ4v) is 4.61. The zero-order chi connectivity index (χ0) is 19.6. The number of nitrogens with zero attached hydrogens (tertiary/aromatic N) is 1. The van der Waals surface area contributed by atoms with Gasteiger partial charge in [0, 0.05) is 18.7 Å². The van der Waals surface area contributed by atoms with E-state index in [-0.39, 0.29) is 11.9 Å². The van der Waals surface area contributed by atoms with Gasteiger partial charge in [0.15, 0.2) is 0 Å². The Morgan fingerprint density at radius 2 is 1.89 bits per heavy atom. The van der Waals surface area contributed by atoms with Crippen LogP contribution < -0.4 is 5.32 Å². The summed E-state index contributed by atoms with van der Waals surface area (Å²) in [6.07, 6.45) is 2.23. The number of carbonyl (C=O) groups excluding carboxylic acids is 2. The van der Waals surface area contributed by atoms with Gasteiger partial charge in [-0.15, -0.1) is 0 Å². The monoisotopic (exact) mass is 378 g/mol. The van der Waals surface area contributed by atoms with Crippen molar-refractivity contribution in [3.63, 3.8) is 0 Å². The van der Waals surface area contributed by atoms with Gasteiger partial charge < -0.3 is 10.1 Å². The molecule has 5 heteroatoms. The summed E-state index contributed by atoms with van der Waals surface area (Å²) in [7, 11) is 0. The maximum Gasteiger partial charge on any atom is 0.325 e. The standard InChI is InChI=1S/C23H26N2O3/c1-2-28-22(27)20-23(14-15-25(20)16-17-8-4-3-5-9-17)13-12-18-10-6-7-11-19(18)21(26)24-23/h3-11,20H,2,12-16H2,1H3,(H,24,26)/t20?,23-/m1/s1. The van der Waals surface area contributed by atoms with E-state index in [0.717, 1.165) is 36.9 Å². The number of benzene rings is 2. The van der Waals surface area contributed by atoms with E-state index in [1.165, 1.54) is 0 Å². The molecule has 28 heavy (non-hydrogen) atoms. The van der Waals surface area contributed by atoms with E-state index in [1.54, 1.807) is 0 Å². The molecule has 2 aliphatic heterocycles. The van der Waals surface area contributed by atoms with Crippen molar-refractivity contribution in [2.75, 3.05) is 13.2 Å². The molecule has 4 rings (SSSR count). The Morgan fingerprint density at radius 1 is 1.14 bits per heavy atom. The lowest BCUT2D eigenvalue weighted by Crippen LogP contribution is -2.59. The van der Waals surface area contributed by atoms with Gasteiger partial charge in [0.25, 0.3) is 5.91 Å². The third-order valence-electron chi connectivity index (χ3n) is 5.94. The van der Waals surface area contributed by atoms with Crippen LogP contribution in [0.3, 0.4) is 0 Å². The van der Waals surface area contributed by atoms with Crippen molar-refractivity contribution in [1.29, 1.82) is 0 Å². The first-order chi connectivity index (χ1) is 13.6. The second-order valence-corrected chi connectivity index (χ2v) is 7.63. The van der Waals surface area contributed by atoms with Gasteiger partial charge >= 0.3 is 5.97 Å². The normalized spacial score (nSPS) is 24.5. The molecule has 1 unspecified atom stereocenters. The molecular formula is C23H26N2O3. The molecule has 2 aromatic carbocycles. The highest BCUT2D eigenvalue weighted by atomic mass is 16.5. The highest BCUT2D eigenvalue weighted by molar-refractivity contribution is 5.97. The Balaban J connectivity index is 1.65. The number of amides is 1. The maximum absolute atomic E-state index is 13.0. The average molecular weight is 378 g/mol. The van der Waals surface area contributed by atoms with Gasteiger partial charge in [-0.3, -0.25) is 14.5 Å². The van der Waals surface area contributed by atoms with Crippen LogP contribution in [0.15, 0.2) is 54.6 Å². The van der Waals surface area contributed by atoms with Crippen LogP contribution in [0.1, 0.15) is 41.3 Å². The van der Waals surface area contributed by atoms with Crippen molar-refractivity contribution in [3.8, 4) is 0 Å². The molecule has 2 atom stereocenters. The molecule has 0 radical (unpaired) electrons. The number of hydrogen-bond donors (Lipinski definition) is 1. The SMILES string of the molecule is CCOC(=O)C1N(Cc2ccccc2)CC[C@]12CCc1ccccc1C(=O)N2. The van der Waals surface area contributed by atoms with Gasteiger partial charge in [-0.2, -0.15) is 0 Å². The van der Waals surface area contributed by atoms with E-state index in [2.05, 4.69) is 22.3 Å². The number of fused-ring (bicyclic) bond motifs is 1. The summed E-state index contributed by atoms with van der Waals surface area (Å²) in [5, 5.41) is 3.23. The van der Waals surface area contributed by atoms with Gasteiger partial charge in [0.05, 0.1) is 12.1 Å². The first-order valence-corrected chi connectivity index (χ1v) is 9.98. The average Bonchev–Trinajstić information content (AvgIpc) is 2.97. The molecular weight excluding hydrogens is 352 g/mol. The Bertz CT molecular complexity index is 867. The fraction of sp³-hybridized carbons (Fsp3) is 0.391. The van der Waals surface area contributed by atoms with Crippen molar-refractivity contribution in [3.05, 3.63) is 71.3 Å². The molecule has 0 aliphatic carbocycles. The van der Waals surface area contributed by atoms with Gasteiger partial charge in [-0.1, -0.05) is 48.5 Å².